The molecule has 0 aliphatic heterocycles. The van der Waals surface area contributed by atoms with Gasteiger partial charge in [-0.05, 0) is 0 Å². The van der Waals surface area contributed by atoms with E-state index in [0.717, 1.165) is 0 Å². The summed E-state index contributed by atoms with van der Waals surface area (Å²) < 4.78 is 0. The molecule has 1 rings (SSSR count). The monoisotopic (exact) mass is 186 g/mol. The zero-order valence-electron chi connectivity index (χ0n) is 5.84. The van der Waals surface area contributed by atoms with Crippen molar-refractivity contribution in [2.45, 2.75) is 0 Å². The number of rotatable bonds is 1. The van der Waals surface area contributed by atoms with Gasteiger partial charge in [-0.25, -0.2) is 9.97 Å². The Morgan fingerprint density at radius 1 is 1.33 bits per heavy atom. The molecule has 0 atom stereocenters. The molecule has 63 valence electrons. The number of carbonyl (C=O) groups excluding carboxylic acids is 1. The summed E-state index contributed by atoms with van der Waals surface area (Å²) in [6, 6.07) is 0. The highest BCUT2D eigenvalue weighted by atomic mass is 35.5. The van der Waals surface area contributed by atoms with Crippen LogP contribution in [0, 0.1) is 0 Å². The van der Waals surface area contributed by atoms with E-state index in [1.54, 1.807) is 0 Å². The quantitative estimate of drug-likeness (QED) is 0.625. The van der Waals surface area contributed by atoms with Crippen molar-refractivity contribution in [1.29, 1.82) is 0 Å². The van der Waals surface area contributed by atoms with Crippen LogP contribution in [-0.2, 0) is 0 Å². The van der Waals surface area contributed by atoms with Crippen molar-refractivity contribution >= 4 is 29.1 Å². The molecule has 1 heterocycles. The van der Waals surface area contributed by atoms with Crippen molar-refractivity contribution in [2.75, 3.05) is 11.5 Å². The minimum atomic E-state index is -1.04. The molecule has 0 saturated carbocycles. The molecule has 1 radical (unpaired) electrons. The third kappa shape index (κ3) is 1.37. The molecule has 1 aromatic heterocycles. The topological polar surface area (TPSA) is 119 Å². The van der Waals surface area contributed by atoms with Crippen LogP contribution in [0.3, 0.4) is 0 Å². The number of nitrogens with two attached hydrogens (primary N) is 2. The van der Waals surface area contributed by atoms with E-state index in [1.165, 1.54) is 0 Å². The molecule has 1 amide bonds. The number of nitrogen functional groups attached to an aromatic ring is 2. The molecule has 0 aromatic carbocycles. The summed E-state index contributed by atoms with van der Waals surface area (Å²) in [4.78, 5) is 17.5. The molecule has 0 unspecified atom stereocenters. The molecule has 0 spiro atoms. The van der Waals surface area contributed by atoms with Crippen molar-refractivity contribution in [1.82, 2.24) is 15.7 Å². The first-order valence-corrected chi connectivity index (χ1v) is 3.24. The number of nitrogens with one attached hydrogen (secondary N) is 1. The molecule has 5 N–H and O–H groups in total. The molecule has 1 aromatic rings. The fraction of sp³-hybridized carbons (Fsp3) is 0. The van der Waals surface area contributed by atoms with Crippen LogP contribution < -0.4 is 17.2 Å². The number of aromatic nitrogens is 2. The Morgan fingerprint density at radius 3 is 2.42 bits per heavy atom. The van der Waals surface area contributed by atoms with Crippen molar-refractivity contribution < 1.29 is 4.79 Å². The fourth-order valence-electron chi connectivity index (χ4n) is 0.609. The highest BCUT2D eigenvalue weighted by molar-refractivity contribution is 6.31. The number of halogens is 1. The molecule has 0 fully saturated rings. The molecule has 12 heavy (non-hydrogen) atoms. The number of amides is 1. The first-order valence-electron chi connectivity index (χ1n) is 2.86. The van der Waals surface area contributed by atoms with Gasteiger partial charge in [-0.3, -0.25) is 10.5 Å². The third-order valence-electron chi connectivity index (χ3n) is 1.12. The van der Waals surface area contributed by atoms with Crippen molar-refractivity contribution in [3.8, 4) is 0 Å². The number of hydrogen-bond acceptors (Lipinski definition) is 5. The van der Waals surface area contributed by atoms with E-state index in [0.29, 0.717) is 0 Å². The van der Waals surface area contributed by atoms with Crippen LogP contribution in [0.2, 0.25) is 5.15 Å². The van der Waals surface area contributed by atoms with Crippen LogP contribution in [0.4, 0.5) is 11.6 Å². The predicted octanol–water partition coefficient (Wildman–Crippen LogP) is -0.283. The highest BCUT2D eigenvalue weighted by Gasteiger charge is 2.12. The van der Waals surface area contributed by atoms with Crippen LogP contribution >= 0.6 is 11.6 Å². The Hall–Kier alpha value is -1.56. The minimum Gasteiger partial charge on any atom is -0.382 e. The van der Waals surface area contributed by atoms with Gasteiger partial charge in [0.25, 0.3) is 5.91 Å². The van der Waals surface area contributed by atoms with Crippen LogP contribution in [0.25, 0.3) is 0 Å². The van der Waals surface area contributed by atoms with Gasteiger partial charge in [0.1, 0.15) is 0 Å². The molecule has 6 nitrogen and oxygen atoms in total. The average molecular weight is 187 g/mol. The van der Waals surface area contributed by atoms with Gasteiger partial charge in [0.05, 0.1) is 0 Å². The molecular weight excluding hydrogens is 182 g/mol. The lowest BCUT2D eigenvalue weighted by Crippen LogP contribution is -2.11. The third-order valence-corrected chi connectivity index (χ3v) is 1.40. The zero-order valence-corrected chi connectivity index (χ0v) is 6.59. The van der Waals surface area contributed by atoms with Crippen LogP contribution in [-0.4, -0.2) is 15.9 Å². The fourth-order valence-corrected chi connectivity index (χ4v) is 0.735. The lowest BCUT2D eigenvalue weighted by Gasteiger charge is -2.01. The van der Waals surface area contributed by atoms with Crippen molar-refractivity contribution in [3.63, 3.8) is 0 Å². The largest absolute Gasteiger partial charge is 0.382 e. The van der Waals surface area contributed by atoms with Gasteiger partial charge in [-0.1, -0.05) is 11.6 Å². The summed E-state index contributed by atoms with van der Waals surface area (Å²) >= 11 is 5.44. The van der Waals surface area contributed by atoms with Crippen LogP contribution in [0.15, 0.2) is 0 Å². The van der Waals surface area contributed by atoms with E-state index in [1.807, 2.05) is 0 Å². The number of carbonyl (C=O) groups is 1. The van der Waals surface area contributed by atoms with Gasteiger partial charge in [0, 0.05) is 0 Å². The van der Waals surface area contributed by atoms with E-state index < -0.39 is 5.91 Å². The van der Waals surface area contributed by atoms with Gasteiger partial charge < -0.3 is 11.5 Å². The van der Waals surface area contributed by atoms with E-state index in [4.69, 9.17) is 28.8 Å². The second-order valence-electron chi connectivity index (χ2n) is 1.96. The van der Waals surface area contributed by atoms with E-state index in [9.17, 15) is 4.79 Å². The average Bonchev–Trinajstić information content (AvgIpc) is 1.96. The smallest absolute Gasteiger partial charge is 0.292 e. The second kappa shape index (κ2) is 2.82. The molecule has 0 aliphatic rings. The number of anilines is 2. The van der Waals surface area contributed by atoms with Crippen LogP contribution in [0.5, 0.6) is 0 Å². The Morgan fingerprint density at radius 2 is 1.92 bits per heavy atom. The highest BCUT2D eigenvalue weighted by Crippen LogP contribution is 2.16. The first kappa shape index (κ1) is 8.54. The standard InChI is InChI=1S/C5H5ClN5O/c6-2-4(8)11-3(7)1(10-2)5(9)12/h9H,(H4,7,8,11). The SMILES string of the molecule is [NH]C(=O)c1nc(Cl)c(N)nc1N. The molecule has 0 saturated heterocycles. The van der Waals surface area contributed by atoms with Gasteiger partial charge in [0.15, 0.2) is 22.5 Å². The Kier molecular flexibility index (Phi) is 2.01. The normalized spacial score (nSPS) is 9.75. The Bertz CT molecular complexity index is 339. The van der Waals surface area contributed by atoms with Gasteiger partial charge in [0.2, 0.25) is 0 Å². The first-order chi connectivity index (χ1) is 5.52. The van der Waals surface area contributed by atoms with Crippen molar-refractivity contribution in [3.05, 3.63) is 10.8 Å². The Balaban J connectivity index is 3.33. The zero-order chi connectivity index (χ0) is 9.30. The number of hydrogen-bond donors (Lipinski definition) is 2. The minimum absolute atomic E-state index is 0.0563. The summed E-state index contributed by atoms with van der Waals surface area (Å²) in [5, 5.41) is -0.125. The summed E-state index contributed by atoms with van der Waals surface area (Å²) in [5.74, 6) is -1.28. The summed E-state index contributed by atoms with van der Waals surface area (Å²) in [7, 11) is 0. The predicted molar refractivity (Wildman–Crippen MR) is 43.3 cm³/mol. The molecule has 7 heteroatoms. The summed E-state index contributed by atoms with van der Waals surface area (Å²) in [6.07, 6.45) is 0. The van der Waals surface area contributed by atoms with Gasteiger partial charge in [-0.15, -0.1) is 0 Å². The Labute approximate surface area is 72.7 Å². The molecule has 0 aliphatic carbocycles. The maximum Gasteiger partial charge on any atom is 0.292 e. The van der Waals surface area contributed by atoms with Gasteiger partial charge >= 0.3 is 0 Å². The lowest BCUT2D eigenvalue weighted by atomic mass is 10.4. The van der Waals surface area contributed by atoms with Gasteiger partial charge in [-0.2, -0.15) is 0 Å². The van der Waals surface area contributed by atoms with E-state index >= 15 is 0 Å². The second-order valence-corrected chi connectivity index (χ2v) is 2.32. The van der Waals surface area contributed by atoms with Crippen molar-refractivity contribution in [2.24, 2.45) is 0 Å². The maximum atomic E-state index is 10.5. The van der Waals surface area contributed by atoms with Crippen LogP contribution in [0.1, 0.15) is 10.5 Å². The lowest BCUT2D eigenvalue weighted by molar-refractivity contribution is 0.0988. The van der Waals surface area contributed by atoms with E-state index in [-0.39, 0.29) is 22.5 Å². The molecule has 0 bridgehead atoms. The van der Waals surface area contributed by atoms with E-state index in [2.05, 4.69) is 9.97 Å². The number of nitrogens with zero attached hydrogens (tertiary/aromatic N) is 2. The summed E-state index contributed by atoms with van der Waals surface area (Å²) in [6.45, 7) is 0. The molecular formula is C5H5ClN5O. The maximum absolute atomic E-state index is 10.5. The summed E-state index contributed by atoms with van der Waals surface area (Å²) in [5.41, 5.74) is 16.9.